The average Bonchev–Trinajstić information content (AvgIpc) is 2.89. The zero-order valence-corrected chi connectivity index (χ0v) is 12.1. The van der Waals surface area contributed by atoms with Gasteiger partial charge in [-0.25, -0.2) is 4.79 Å². The van der Waals surface area contributed by atoms with Crippen LogP contribution in [0.4, 0.5) is 5.69 Å². The number of amides is 1. The van der Waals surface area contributed by atoms with E-state index in [1.807, 2.05) is 13.0 Å². The first-order valence-corrected chi connectivity index (χ1v) is 7.07. The minimum absolute atomic E-state index is 0.102. The average molecular weight is 289 g/mol. The van der Waals surface area contributed by atoms with E-state index in [4.69, 9.17) is 5.11 Å². The molecule has 104 valence electrons. The molecule has 0 fully saturated rings. The number of carbonyl (C=O) groups is 2. The molecule has 0 bridgehead atoms. The number of carbonyl (C=O) groups excluding carboxylic acids is 1. The molecule has 1 aromatic heterocycles. The maximum absolute atomic E-state index is 12.2. The molecule has 2 N–H and O–H groups in total. The highest BCUT2D eigenvalue weighted by atomic mass is 32.1. The molecule has 0 aliphatic heterocycles. The van der Waals surface area contributed by atoms with Gasteiger partial charge in [0.05, 0.1) is 16.1 Å². The molecule has 0 unspecified atom stereocenters. The third-order valence-electron chi connectivity index (χ3n) is 2.98. The van der Waals surface area contributed by atoms with E-state index in [-0.39, 0.29) is 11.5 Å². The number of thiophene rings is 1. The van der Waals surface area contributed by atoms with Gasteiger partial charge in [0.15, 0.2) is 0 Å². The van der Waals surface area contributed by atoms with Crippen molar-refractivity contribution < 1.29 is 14.7 Å². The Labute approximate surface area is 121 Å². The van der Waals surface area contributed by atoms with Crippen molar-refractivity contribution in [3.05, 3.63) is 51.2 Å². The predicted molar refractivity (Wildman–Crippen MR) is 79.8 cm³/mol. The monoisotopic (exact) mass is 289 g/mol. The predicted octanol–water partition coefficient (Wildman–Crippen LogP) is 3.57. The molecule has 0 spiro atoms. The van der Waals surface area contributed by atoms with E-state index in [1.165, 1.54) is 17.4 Å². The number of hydrogen-bond donors (Lipinski definition) is 2. The van der Waals surface area contributed by atoms with Crippen molar-refractivity contribution in [2.45, 2.75) is 20.3 Å². The molecule has 20 heavy (non-hydrogen) atoms. The minimum Gasteiger partial charge on any atom is -0.478 e. The van der Waals surface area contributed by atoms with Crippen LogP contribution >= 0.6 is 11.3 Å². The fourth-order valence-corrected chi connectivity index (χ4v) is 2.72. The molecule has 1 aromatic carbocycles. The lowest BCUT2D eigenvalue weighted by molar-refractivity contribution is 0.0698. The number of aromatic carboxylic acids is 1. The third kappa shape index (κ3) is 2.88. The van der Waals surface area contributed by atoms with Gasteiger partial charge in [-0.05, 0) is 37.1 Å². The molecule has 0 aliphatic rings. The van der Waals surface area contributed by atoms with Crippen molar-refractivity contribution in [3.8, 4) is 0 Å². The highest BCUT2D eigenvalue weighted by molar-refractivity contribution is 7.14. The second kappa shape index (κ2) is 5.88. The third-order valence-corrected chi connectivity index (χ3v) is 4.20. The van der Waals surface area contributed by atoms with Crippen LogP contribution in [0.5, 0.6) is 0 Å². The highest BCUT2D eigenvalue weighted by Gasteiger charge is 2.16. The number of carboxylic acids is 1. The Morgan fingerprint density at radius 2 is 2.00 bits per heavy atom. The van der Waals surface area contributed by atoms with Crippen LogP contribution < -0.4 is 5.32 Å². The number of aryl methyl sites for hydroxylation is 2. The normalized spacial score (nSPS) is 10.3. The first-order valence-electron chi connectivity index (χ1n) is 6.26. The summed E-state index contributed by atoms with van der Waals surface area (Å²) in [5, 5.41) is 11.9. The lowest BCUT2D eigenvalue weighted by Gasteiger charge is -2.10. The van der Waals surface area contributed by atoms with E-state index in [2.05, 4.69) is 5.32 Å². The highest BCUT2D eigenvalue weighted by Crippen LogP contribution is 2.23. The number of rotatable bonds is 4. The van der Waals surface area contributed by atoms with E-state index in [0.717, 1.165) is 16.9 Å². The molecular formula is C15H15NO3S. The molecule has 5 heteroatoms. The summed E-state index contributed by atoms with van der Waals surface area (Å²) in [6.07, 6.45) is 0.878. The Hall–Kier alpha value is -2.14. The van der Waals surface area contributed by atoms with Gasteiger partial charge in [0, 0.05) is 4.88 Å². The molecule has 0 atom stereocenters. The van der Waals surface area contributed by atoms with Gasteiger partial charge >= 0.3 is 5.97 Å². The van der Waals surface area contributed by atoms with Gasteiger partial charge in [0.2, 0.25) is 0 Å². The van der Waals surface area contributed by atoms with Crippen molar-refractivity contribution in [1.29, 1.82) is 0 Å². The second-order valence-corrected chi connectivity index (χ2v) is 5.54. The Balaban J connectivity index is 2.30. The molecular weight excluding hydrogens is 274 g/mol. The van der Waals surface area contributed by atoms with Crippen LogP contribution in [0.15, 0.2) is 30.3 Å². The standard InChI is InChI=1S/C15H15NO3S/c1-3-10-7-8-12(20-10)14(17)16-13-9(2)5-4-6-11(13)15(18)19/h4-8H,3H2,1-2H3,(H,16,17)(H,18,19). The Morgan fingerprint density at radius 1 is 1.25 bits per heavy atom. The molecule has 1 amide bonds. The van der Waals surface area contributed by atoms with E-state index in [1.54, 1.807) is 25.1 Å². The fraction of sp³-hybridized carbons (Fsp3) is 0.200. The zero-order valence-electron chi connectivity index (χ0n) is 11.3. The Morgan fingerprint density at radius 3 is 2.60 bits per heavy atom. The van der Waals surface area contributed by atoms with Crippen molar-refractivity contribution in [1.82, 2.24) is 0 Å². The van der Waals surface area contributed by atoms with Crippen LogP contribution in [0.25, 0.3) is 0 Å². The number of para-hydroxylation sites is 1. The number of hydrogen-bond acceptors (Lipinski definition) is 3. The molecule has 0 saturated heterocycles. The SMILES string of the molecule is CCc1ccc(C(=O)Nc2c(C)cccc2C(=O)O)s1. The number of nitrogens with one attached hydrogen (secondary N) is 1. The molecule has 4 nitrogen and oxygen atoms in total. The minimum atomic E-state index is -1.05. The summed E-state index contributed by atoms with van der Waals surface area (Å²) in [6.45, 7) is 3.80. The molecule has 1 heterocycles. The van der Waals surface area contributed by atoms with E-state index in [9.17, 15) is 9.59 Å². The van der Waals surface area contributed by atoms with Crippen molar-refractivity contribution in [2.75, 3.05) is 5.32 Å². The van der Waals surface area contributed by atoms with Crippen LogP contribution in [0.1, 0.15) is 37.4 Å². The molecule has 2 rings (SSSR count). The van der Waals surface area contributed by atoms with Gasteiger partial charge < -0.3 is 10.4 Å². The summed E-state index contributed by atoms with van der Waals surface area (Å²) in [6, 6.07) is 8.59. The first-order chi connectivity index (χ1) is 9.52. The van der Waals surface area contributed by atoms with E-state index >= 15 is 0 Å². The van der Waals surface area contributed by atoms with Crippen LogP contribution in [-0.2, 0) is 6.42 Å². The smallest absolute Gasteiger partial charge is 0.337 e. The summed E-state index contributed by atoms with van der Waals surface area (Å²) in [5.41, 5.74) is 1.19. The molecule has 0 aliphatic carbocycles. The maximum atomic E-state index is 12.2. The van der Waals surface area contributed by atoms with Crippen LogP contribution in [0.2, 0.25) is 0 Å². The lowest BCUT2D eigenvalue weighted by Crippen LogP contribution is -2.14. The molecule has 0 saturated carbocycles. The van der Waals surface area contributed by atoms with Crippen LogP contribution in [0, 0.1) is 6.92 Å². The largest absolute Gasteiger partial charge is 0.478 e. The summed E-state index contributed by atoms with van der Waals surface area (Å²) in [7, 11) is 0. The van der Waals surface area contributed by atoms with Crippen LogP contribution in [0.3, 0.4) is 0 Å². The fourth-order valence-electron chi connectivity index (χ4n) is 1.88. The van der Waals surface area contributed by atoms with Crippen molar-refractivity contribution in [2.24, 2.45) is 0 Å². The maximum Gasteiger partial charge on any atom is 0.337 e. The Bertz CT molecular complexity index is 661. The Kier molecular flexibility index (Phi) is 4.20. The van der Waals surface area contributed by atoms with Crippen molar-refractivity contribution >= 4 is 28.9 Å². The van der Waals surface area contributed by atoms with Gasteiger partial charge in [0.1, 0.15) is 0 Å². The summed E-state index contributed by atoms with van der Waals surface area (Å²) < 4.78 is 0. The molecule has 0 radical (unpaired) electrons. The number of carboxylic acid groups (broad SMARTS) is 1. The summed E-state index contributed by atoms with van der Waals surface area (Å²) in [5.74, 6) is -1.32. The first kappa shape index (κ1) is 14.3. The number of benzene rings is 1. The number of anilines is 1. The summed E-state index contributed by atoms with van der Waals surface area (Å²) >= 11 is 1.42. The van der Waals surface area contributed by atoms with E-state index in [0.29, 0.717) is 10.6 Å². The lowest BCUT2D eigenvalue weighted by atomic mass is 10.1. The zero-order chi connectivity index (χ0) is 14.7. The summed E-state index contributed by atoms with van der Waals surface area (Å²) in [4.78, 5) is 25.1. The van der Waals surface area contributed by atoms with Crippen LogP contribution in [-0.4, -0.2) is 17.0 Å². The second-order valence-electron chi connectivity index (χ2n) is 4.38. The van der Waals surface area contributed by atoms with Gasteiger partial charge in [-0.3, -0.25) is 4.79 Å². The quantitative estimate of drug-likeness (QED) is 0.904. The molecule has 2 aromatic rings. The van der Waals surface area contributed by atoms with Gasteiger partial charge in [0.25, 0.3) is 5.91 Å². The van der Waals surface area contributed by atoms with Gasteiger partial charge in [-0.15, -0.1) is 11.3 Å². The van der Waals surface area contributed by atoms with Crippen molar-refractivity contribution in [3.63, 3.8) is 0 Å². The van der Waals surface area contributed by atoms with E-state index < -0.39 is 5.97 Å². The van der Waals surface area contributed by atoms with Gasteiger partial charge in [-0.1, -0.05) is 19.1 Å². The topological polar surface area (TPSA) is 66.4 Å². The van der Waals surface area contributed by atoms with Gasteiger partial charge in [-0.2, -0.15) is 0 Å².